The van der Waals surface area contributed by atoms with Crippen molar-refractivity contribution in [1.29, 1.82) is 0 Å². The van der Waals surface area contributed by atoms with Crippen LogP contribution in [0, 0.1) is 0 Å². The lowest BCUT2D eigenvalue weighted by Gasteiger charge is -1.89. The Labute approximate surface area is 92.6 Å². The first-order valence-corrected chi connectivity index (χ1v) is 4.84. The molecule has 5 heteroatoms. The molecule has 0 fully saturated rings. The van der Waals surface area contributed by atoms with Gasteiger partial charge in [0.05, 0.1) is 17.7 Å². The van der Waals surface area contributed by atoms with Crippen LogP contribution in [0.2, 0.25) is 0 Å². The van der Waals surface area contributed by atoms with Crippen molar-refractivity contribution < 1.29 is 9.84 Å². The van der Waals surface area contributed by atoms with Crippen LogP contribution < -0.4 is 10.6 Å². The number of hydrogen-bond donors (Lipinski definition) is 1. The van der Waals surface area contributed by atoms with Gasteiger partial charge in [-0.05, 0) is 19.1 Å². The summed E-state index contributed by atoms with van der Waals surface area (Å²) >= 11 is 0. The molecule has 86 valence electrons. The highest BCUT2D eigenvalue weighted by molar-refractivity contribution is 5.46. The van der Waals surface area contributed by atoms with Crippen molar-refractivity contribution in [2.24, 2.45) is 0 Å². The van der Waals surface area contributed by atoms with E-state index in [0.29, 0.717) is 5.52 Å². The van der Waals surface area contributed by atoms with Gasteiger partial charge < -0.3 is 9.84 Å². The van der Waals surface area contributed by atoms with E-state index in [1.165, 1.54) is 10.7 Å². The molecule has 0 aromatic carbocycles. The van der Waals surface area contributed by atoms with Gasteiger partial charge in [-0.15, -0.1) is 0 Å². The Morgan fingerprint density at radius 3 is 2.88 bits per heavy atom. The van der Waals surface area contributed by atoms with Crippen LogP contribution in [0.3, 0.4) is 0 Å². The van der Waals surface area contributed by atoms with E-state index in [1.807, 2.05) is 6.92 Å². The largest absolute Gasteiger partial charge is 0.515 e. The number of ether oxygens (including phenoxy) is 1. The summed E-state index contributed by atoms with van der Waals surface area (Å²) < 4.78 is 6.01. The first kappa shape index (κ1) is 12.2. The Kier molecular flexibility index (Phi) is 4.47. The molecule has 0 saturated heterocycles. The van der Waals surface area contributed by atoms with Crippen LogP contribution >= 0.6 is 0 Å². The van der Waals surface area contributed by atoms with E-state index in [2.05, 4.69) is 9.84 Å². The quantitative estimate of drug-likeness (QED) is 0.756. The van der Waals surface area contributed by atoms with Crippen LogP contribution in [0.15, 0.2) is 29.3 Å². The zero-order valence-electron chi connectivity index (χ0n) is 9.25. The molecule has 0 spiro atoms. The average molecular weight is 222 g/mol. The number of hydrogen-bond acceptors (Lipinski definition) is 4. The fourth-order valence-corrected chi connectivity index (χ4v) is 1.08. The van der Waals surface area contributed by atoms with Crippen molar-refractivity contribution >= 4 is 11.8 Å². The molecule has 2 heterocycles. The maximum Gasteiger partial charge on any atom is 0.216 e. The Hall–Kier alpha value is -1.88. The van der Waals surface area contributed by atoms with Gasteiger partial charge in [0.15, 0.2) is 0 Å². The maximum absolute atomic E-state index is 11.4. The molecule has 0 unspecified atom stereocenters. The lowest BCUT2D eigenvalue weighted by Crippen LogP contribution is -2.26. The van der Waals surface area contributed by atoms with Gasteiger partial charge in [0.25, 0.3) is 0 Å². The van der Waals surface area contributed by atoms with Gasteiger partial charge in [-0.25, -0.2) is 4.52 Å². The van der Waals surface area contributed by atoms with E-state index in [0.717, 1.165) is 12.9 Å². The van der Waals surface area contributed by atoms with Gasteiger partial charge >= 0.3 is 0 Å². The summed E-state index contributed by atoms with van der Waals surface area (Å²) in [4.78, 5) is 11.4. The number of fused-ring (bicyclic) bond motifs is 1. The fourth-order valence-electron chi connectivity index (χ4n) is 1.08. The highest BCUT2D eigenvalue weighted by Crippen LogP contribution is 1.91. The summed E-state index contributed by atoms with van der Waals surface area (Å²) in [5.41, 5.74) is 0.260. The summed E-state index contributed by atoms with van der Waals surface area (Å²) in [6.07, 6.45) is 3.77. The Bertz CT molecular complexity index is 546. The lowest BCUT2D eigenvalue weighted by atomic mass is 10.4. The monoisotopic (exact) mass is 222 g/mol. The standard InChI is InChI=1S/C8H6N2O2.C3H8O/c11-5-6-4-9-10-3-1-2-7(10)8(6)12;1-3-4-2/h1-5,11H;3H2,1-2H3/b6-5-;. The SMILES string of the molecule is CCOC.O=c1/c(=C\O)cnn2cccc12. The second-order valence-corrected chi connectivity index (χ2v) is 2.97. The third-order valence-corrected chi connectivity index (χ3v) is 1.97. The smallest absolute Gasteiger partial charge is 0.216 e. The van der Waals surface area contributed by atoms with Gasteiger partial charge in [0.1, 0.15) is 5.52 Å². The summed E-state index contributed by atoms with van der Waals surface area (Å²) in [5, 5.41) is 12.7. The highest BCUT2D eigenvalue weighted by Gasteiger charge is 1.98. The summed E-state index contributed by atoms with van der Waals surface area (Å²) in [6.45, 7) is 2.78. The molecule has 0 aliphatic rings. The van der Waals surface area contributed by atoms with E-state index in [9.17, 15) is 4.79 Å². The van der Waals surface area contributed by atoms with Crippen LogP contribution in [-0.2, 0) is 4.74 Å². The topological polar surface area (TPSA) is 63.8 Å². The highest BCUT2D eigenvalue weighted by atomic mass is 16.5. The van der Waals surface area contributed by atoms with E-state index >= 15 is 0 Å². The average Bonchev–Trinajstić information content (AvgIpc) is 2.79. The minimum atomic E-state index is -0.211. The minimum absolute atomic E-state index is 0.209. The first-order chi connectivity index (χ1) is 7.74. The Morgan fingerprint density at radius 2 is 2.31 bits per heavy atom. The van der Waals surface area contributed by atoms with E-state index in [-0.39, 0.29) is 10.6 Å². The van der Waals surface area contributed by atoms with Crippen molar-refractivity contribution in [2.45, 2.75) is 6.92 Å². The lowest BCUT2D eigenvalue weighted by molar-refractivity contribution is 0.215. The van der Waals surface area contributed by atoms with Crippen molar-refractivity contribution in [3.8, 4) is 0 Å². The summed E-state index contributed by atoms with van der Waals surface area (Å²) in [6, 6.07) is 3.38. The molecule has 2 rings (SSSR count). The second-order valence-electron chi connectivity index (χ2n) is 2.97. The minimum Gasteiger partial charge on any atom is -0.515 e. The summed E-state index contributed by atoms with van der Waals surface area (Å²) in [7, 11) is 1.68. The molecule has 0 aliphatic carbocycles. The molecular formula is C11H14N2O3. The van der Waals surface area contributed by atoms with Gasteiger partial charge in [-0.2, -0.15) is 5.10 Å². The predicted octanol–water partition coefficient (Wildman–Crippen LogP) is 0.362. The van der Waals surface area contributed by atoms with Gasteiger partial charge in [0.2, 0.25) is 5.43 Å². The molecule has 2 aromatic heterocycles. The van der Waals surface area contributed by atoms with Crippen molar-refractivity contribution in [3.63, 3.8) is 0 Å². The fraction of sp³-hybridized carbons (Fsp3) is 0.273. The predicted molar refractivity (Wildman–Crippen MR) is 61.3 cm³/mol. The molecule has 0 aliphatic heterocycles. The first-order valence-electron chi connectivity index (χ1n) is 4.84. The molecule has 0 bridgehead atoms. The van der Waals surface area contributed by atoms with Crippen LogP contribution in [0.25, 0.3) is 11.8 Å². The zero-order valence-corrected chi connectivity index (χ0v) is 9.25. The van der Waals surface area contributed by atoms with Crippen LogP contribution in [0.5, 0.6) is 0 Å². The van der Waals surface area contributed by atoms with Crippen LogP contribution in [0.4, 0.5) is 0 Å². The Balaban J connectivity index is 0.000000280. The number of methoxy groups -OCH3 is 1. The van der Waals surface area contributed by atoms with Crippen LogP contribution in [0.1, 0.15) is 6.92 Å². The third-order valence-electron chi connectivity index (χ3n) is 1.97. The molecule has 0 radical (unpaired) electrons. The molecule has 2 aromatic rings. The molecular weight excluding hydrogens is 208 g/mol. The number of aliphatic hydroxyl groups is 1. The zero-order chi connectivity index (χ0) is 12.0. The number of rotatable bonds is 1. The van der Waals surface area contributed by atoms with E-state index in [4.69, 9.17) is 5.11 Å². The number of nitrogens with zero attached hydrogens (tertiary/aromatic N) is 2. The van der Waals surface area contributed by atoms with Crippen molar-refractivity contribution in [1.82, 2.24) is 9.61 Å². The van der Waals surface area contributed by atoms with Gasteiger partial charge in [-0.1, -0.05) is 0 Å². The Morgan fingerprint density at radius 1 is 1.62 bits per heavy atom. The molecule has 0 atom stereocenters. The number of aromatic nitrogens is 2. The maximum atomic E-state index is 11.4. The number of aliphatic hydroxyl groups excluding tert-OH is 1. The molecule has 16 heavy (non-hydrogen) atoms. The molecule has 0 amide bonds. The summed E-state index contributed by atoms with van der Waals surface area (Å²) in [5.74, 6) is 0. The van der Waals surface area contributed by atoms with Crippen molar-refractivity contribution in [3.05, 3.63) is 40.0 Å². The van der Waals surface area contributed by atoms with Gasteiger partial charge in [-0.3, -0.25) is 4.79 Å². The van der Waals surface area contributed by atoms with Crippen molar-refractivity contribution in [2.75, 3.05) is 13.7 Å². The second kappa shape index (κ2) is 5.87. The normalized spacial score (nSPS) is 11.2. The third kappa shape index (κ3) is 2.58. The molecule has 5 nitrogen and oxygen atoms in total. The van der Waals surface area contributed by atoms with Gasteiger partial charge in [0, 0.05) is 19.9 Å². The molecule has 1 N–H and O–H groups in total. The molecule has 0 saturated carbocycles. The van der Waals surface area contributed by atoms with E-state index < -0.39 is 0 Å². The van der Waals surface area contributed by atoms with E-state index in [1.54, 1.807) is 25.4 Å². The van der Waals surface area contributed by atoms with Crippen LogP contribution in [-0.4, -0.2) is 28.4 Å².